The minimum atomic E-state index is -3.09. The van der Waals surface area contributed by atoms with E-state index in [1.54, 1.807) is 12.4 Å². The van der Waals surface area contributed by atoms with E-state index in [-0.39, 0.29) is 24.7 Å². The van der Waals surface area contributed by atoms with E-state index in [0.29, 0.717) is 37.4 Å². The third kappa shape index (κ3) is 5.99. The first-order chi connectivity index (χ1) is 18.7. The quantitative estimate of drug-likeness (QED) is 0.440. The van der Waals surface area contributed by atoms with Gasteiger partial charge in [0.1, 0.15) is 18.1 Å². The summed E-state index contributed by atoms with van der Waals surface area (Å²) in [6.45, 7) is 2.47. The molecule has 3 saturated heterocycles. The van der Waals surface area contributed by atoms with Crippen LogP contribution in [0.25, 0.3) is 0 Å². The molecule has 5 fully saturated rings. The Hall–Kier alpha value is -3.29. The lowest BCUT2D eigenvalue weighted by Crippen LogP contribution is -2.70. The van der Waals surface area contributed by atoms with Crippen molar-refractivity contribution in [3.05, 3.63) is 24.0 Å². The largest absolute Gasteiger partial charge is 0.372 e. The Bertz CT molecular complexity index is 1150. The maximum atomic E-state index is 15.1. The van der Waals surface area contributed by atoms with Crippen molar-refractivity contribution in [2.45, 2.75) is 94.8 Å². The summed E-state index contributed by atoms with van der Waals surface area (Å²) in [6.07, 6.45) is 7.42. The third-order valence-electron chi connectivity index (χ3n) is 8.63. The first-order valence-electron chi connectivity index (χ1n) is 14.0. The molecule has 6 atom stereocenters. The van der Waals surface area contributed by atoms with Crippen molar-refractivity contribution in [1.82, 2.24) is 20.5 Å². The number of amides is 3. The Kier molecular flexibility index (Phi) is 7.74. The van der Waals surface area contributed by atoms with Gasteiger partial charge in [0.2, 0.25) is 17.7 Å². The number of carbonyl (C=O) groups is 3. The molecule has 4 heterocycles. The molecule has 210 valence electrons. The number of aromatic nitrogens is 1. The first kappa shape index (κ1) is 27.3. The zero-order chi connectivity index (χ0) is 27.7. The Morgan fingerprint density at radius 3 is 2.69 bits per heavy atom. The summed E-state index contributed by atoms with van der Waals surface area (Å²) in [5, 5.41) is 18.4. The summed E-state index contributed by atoms with van der Waals surface area (Å²) in [5.74, 6) is -5.77. The molecule has 0 aromatic carbocycles. The average Bonchev–Trinajstić information content (AvgIpc) is 3.72. The van der Waals surface area contributed by atoms with Crippen molar-refractivity contribution >= 4 is 23.4 Å². The Labute approximate surface area is 227 Å². The van der Waals surface area contributed by atoms with Crippen LogP contribution in [0.2, 0.25) is 0 Å². The fourth-order valence-corrected chi connectivity index (χ4v) is 6.49. The minimum absolute atomic E-state index is 0.103. The molecule has 2 saturated carbocycles. The Morgan fingerprint density at radius 1 is 1.23 bits per heavy atom. The molecule has 0 unspecified atom stereocenters. The number of halogens is 2. The number of nitriles is 1. The molecule has 2 bridgehead atoms. The standard InChI is InChI=1S/C28H36F2N6O3/c1-16-9-20(15-32-14-16)34-23(10-17-4-5-17)27(39)36-21-6-7-22(28(29,30)12-21)24(36)26(38)35-19(13-31)11-18-3-2-8-33-25(18)37/h9,14-15,17-19,21-24,34H,2-8,10-12H2,1H3,(H,33,37)(H,35,38)/t18-,19+,21+,22+,23+,24+/m0/s1. The molecule has 1 aromatic rings. The van der Waals surface area contributed by atoms with E-state index in [9.17, 15) is 19.6 Å². The van der Waals surface area contributed by atoms with Crippen molar-refractivity contribution in [3.8, 4) is 6.07 Å². The van der Waals surface area contributed by atoms with E-state index in [1.165, 1.54) is 4.90 Å². The lowest BCUT2D eigenvalue weighted by molar-refractivity contribution is -0.194. The van der Waals surface area contributed by atoms with Crippen LogP contribution in [-0.2, 0) is 14.4 Å². The van der Waals surface area contributed by atoms with Crippen LogP contribution in [0.5, 0.6) is 0 Å². The molecule has 3 aliphatic heterocycles. The fraction of sp³-hybridized carbons (Fsp3) is 0.679. The molecule has 9 nitrogen and oxygen atoms in total. The van der Waals surface area contributed by atoms with E-state index in [2.05, 4.69) is 20.9 Å². The van der Waals surface area contributed by atoms with Crippen LogP contribution in [0.15, 0.2) is 18.5 Å². The predicted octanol–water partition coefficient (Wildman–Crippen LogP) is 2.91. The number of nitrogens with zero attached hydrogens (tertiary/aromatic N) is 3. The van der Waals surface area contributed by atoms with Gasteiger partial charge in [-0.05, 0) is 63.0 Å². The fourth-order valence-electron chi connectivity index (χ4n) is 6.49. The molecule has 5 aliphatic rings. The van der Waals surface area contributed by atoms with Crippen molar-refractivity contribution in [1.29, 1.82) is 5.26 Å². The SMILES string of the molecule is Cc1cncc(N[C@H](CC2CC2)C(=O)N2[C@@H]3CC[C@H]([C@@H]2C(=O)N[C@@H](C#N)C[C@@H]2CCCNC2=O)C(F)(F)C3)c1. The van der Waals surface area contributed by atoms with Gasteiger partial charge in [-0.1, -0.05) is 12.8 Å². The summed E-state index contributed by atoms with van der Waals surface area (Å²) in [5.41, 5.74) is 1.58. The van der Waals surface area contributed by atoms with Gasteiger partial charge >= 0.3 is 0 Å². The van der Waals surface area contributed by atoms with Gasteiger partial charge in [-0.15, -0.1) is 0 Å². The number of nitrogens with one attached hydrogen (secondary N) is 3. The Balaban J connectivity index is 1.38. The van der Waals surface area contributed by atoms with E-state index in [0.717, 1.165) is 24.8 Å². The normalized spacial score (nSPS) is 29.1. The number of fused-ring (bicyclic) bond motifs is 3. The van der Waals surface area contributed by atoms with Crippen molar-refractivity contribution in [2.24, 2.45) is 17.8 Å². The summed E-state index contributed by atoms with van der Waals surface area (Å²) in [4.78, 5) is 45.5. The summed E-state index contributed by atoms with van der Waals surface area (Å²) in [6, 6.07) is 0.0543. The van der Waals surface area contributed by atoms with Gasteiger partial charge in [0.15, 0.2) is 0 Å². The highest BCUT2D eigenvalue weighted by Crippen LogP contribution is 2.49. The molecule has 3 N–H and O–H groups in total. The maximum absolute atomic E-state index is 15.1. The second-order valence-electron chi connectivity index (χ2n) is 11.7. The molecule has 2 aliphatic carbocycles. The minimum Gasteiger partial charge on any atom is -0.372 e. The lowest BCUT2D eigenvalue weighted by atomic mass is 9.71. The highest BCUT2D eigenvalue weighted by molar-refractivity contribution is 5.92. The number of aryl methyl sites for hydroxylation is 1. The zero-order valence-corrected chi connectivity index (χ0v) is 22.2. The molecular formula is C28H36F2N6O3. The number of pyridine rings is 1. The van der Waals surface area contributed by atoms with E-state index in [4.69, 9.17) is 0 Å². The van der Waals surface area contributed by atoms with E-state index >= 15 is 8.78 Å². The number of hydrogen-bond acceptors (Lipinski definition) is 6. The van der Waals surface area contributed by atoms with Gasteiger partial charge < -0.3 is 20.9 Å². The van der Waals surface area contributed by atoms with Gasteiger partial charge in [0.05, 0.1) is 17.7 Å². The molecule has 11 heteroatoms. The van der Waals surface area contributed by atoms with Crippen LogP contribution < -0.4 is 16.0 Å². The second kappa shape index (κ2) is 11.1. The number of rotatable bonds is 9. The number of piperidine rings is 3. The van der Waals surface area contributed by atoms with Crippen LogP contribution in [0.4, 0.5) is 14.5 Å². The third-order valence-corrected chi connectivity index (χ3v) is 8.63. The van der Waals surface area contributed by atoms with E-state index < -0.39 is 54.3 Å². The van der Waals surface area contributed by atoms with E-state index in [1.807, 2.05) is 19.1 Å². The molecule has 39 heavy (non-hydrogen) atoms. The van der Waals surface area contributed by atoms with Crippen LogP contribution in [0.1, 0.15) is 63.4 Å². The predicted molar refractivity (Wildman–Crippen MR) is 138 cm³/mol. The molecular weight excluding hydrogens is 506 g/mol. The number of alkyl halides is 2. The van der Waals surface area contributed by atoms with Gasteiger partial charge in [0, 0.05) is 37.3 Å². The van der Waals surface area contributed by atoms with Crippen LogP contribution in [-0.4, -0.2) is 64.2 Å². The lowest BCUT2D eigenvalue weighted by Gasteiger charge is -2.54. The summed E-state index contributed by atoms with van der Waals surface area (Å²) >= 11 is 0. The number of anilines is 1. The van der Waals surface area contributed by atoms with Gasteiger partial charge in [-0.25, -0.2) is 8.78 Å². The average molecular weight is 543 g/mol. The van der Waals surface area contributed by atoms with Crippen LogP contribution in [0.3, 0.4) is 0 Å². The second-order valence-corrected chi connectivity index (χ2v) is 11.7. The van der Waals surface area contributed by atoms with Crippen molar-refractivity contribution in [3.63, 3.8) is 0 Å². The maximum Gasteiger partial charge on any atom is 0.255 e. The van der Waals surface area contributed by atoms with Gasteiger partial charge in [-0.2, -0.15) is 5.26 Å². The smallest absolute Gasteiger partial charge is 0.255 e. The van der Waals surface area contributed by atoms with Crippen molar-refractivity contribution in [2.75, 3.05) is 11.9 Å². The van der Waals surface area contributed by atoms with Crippen LogP contribution >= 0.6 is 0 Å². The molecule has 1 aromatic heterocycles. The Morgan fingerprint density at radius 2 is 2.03 bits per heavy atom. The van der Waals surface area contributed by atoms with Gasteiger partial charge in [0.25, 0.3) is 5.92 Å². The van der Waals surface area contributed by atoms with Crippen molar-refractivity contribution < 1.29 is 23.2 Å². The van der Waals surface area contributed by atoms with Crippen LogP contribution in [0, 0.1) is 36.0 Å². The summed E-state index contributed by atoms with van der Waals surface area (Å²) < 4.78 is 30.3. The molecule has 0 radical (unpaired) electrons. The topological polar surface area (TPSA) is 127 Å². The zero-order valence-electron chi connectivity index (χ0n) is 22.2. The highest BCUT2D eigenvalue weighted by atomic mass is 19.3. The highest BCUT2D eigenvalue weighted by Gasteiger charge is 2.61. The molecule has 0 spiro atoms. The summed E-state index contributed by atoms with van der Waals surface area (Å²) in [7, 11) is 0. The first-order valence-corrected chi connectivity index (χ1v) is 14.0. The van der Waals surface area contributed by atoms with Gasteiger partial charge in [-0.3, -0.25) is 19.4 Å². The number of hydrogen-bond donors (Lipinski definition) is 3. The number of carbonyl (C=O) groups excluding carboxylic acids is 3. The monoisotopic (exact) mass is 542 g/mol. The molecule has 3 amide bonds. The molecule has 6 rings (SSSR count).